The molecule has 0 fully saturated rings. The van der Waals surface area contributed by atoms with Crippen LogP contribution in [0.4, 0.5) is 0 Å². The molecule has 3 heteroatoms. The first-order valence-corrected chi connectivity index (χ1v) is 3.22. The summed E-state index contributed by atoms with van der Waals surface area (Å²) in [5, 5.41) is 0. The van der Waals surface area contributed by atoms with E-state index in [0.29, 0.717) is 11.3 Å². The van der Waals surface area contributed by atoms with Gasteiger partial charge < -0.3 is 15.9 Å². The van der Waals surface area contributed by atoms with E-state index in [2.05, 4.69) is 5.92 Å². The van der Waals surface area contributed by atoms with Gasteiger partial charge in [-0.05, 0) is 6.07 Å². The molecule has 2 nitrogen and oxygen atoms in total. The van der Waals surface area contributed by atoms with E-state index < -0.39 is 0 Å². The Hall–Kier alpha value is -1.10. The Morgan fingerprint density at radius 2 is 2.00 bits per heavy atom. The predicted molar refractivity (Wildman–Crippen MR) is 38.8 cm³/mol. The number of ether oxygens (including phenoxy) is 2. The molecule has 12 heavy (non-hydrogen) atoms. The minimum Gasteiger partial charge on any atom is -0.455 e. The summed E-state index contributed by atoms with van der Waals surface area (Å²) in [6.45, 7) is 0.275. The van der Waals surface area contributed by atoms with Gasteiger partial charge in [0.25, 0.3) is 0 Å². The summed E-state index contributed by atoms with van der Waals surface area (Å²) in [7, 11) is 0. The first-order chi connectivity index (χ1) is 5.40. The van der Waals surface area contributed by atoms with E-state index in [0.717, 1.165) is 5.75 Å². The molecule has 0 radical (unpaired) electrons. The van der Waals surface area contributed by atoms with Crippen molar-refractivity contribution in [2.24, 2.45) is 0 Å². The van der Waals surface area contributed by atoms with Crippen molar-refractivity contribution in [1.29, 1.82) is 0 Å². The van der Waals surface area contributed by atoms with Gasteiger partial charge in [0.05, 0.1) is 0 Å². The van der Waals surface area contributed by atoms with Gasteiger partial charge in [0.1, 0.15) is 5.75 Å². The summed E-state index contributed by atoms with van der Waals surface area (Å²) in [5.74, 6) is 3.71. The average molecular weight is 209 g/mol. The van der Waals surface area contributed by atoms with Crippen molar-refractivity contribution in [3.8, 4) is 17.4 Å². The average Bonchev–Trinajstić information content (AvgIpc) is 2.50. The number of hydrogen-bond acceptors (Lipinski definition) is 2. The van der Waals surface area contributed by atoms with Gasteiger partial charge in [0.15, 0.2) is 5.75 Å². The van der Waals surface area contributed by atoms with Crippen LogP contribution < -0.4 is 9.47 Å². The summed E-state index contributed by atoms with van der Waals surface area (Å²) in [4.78, 5) is 0. The van der Waals surface area contributed by atoms with E-state index in [1.165, 1.54) is 0 Å². The van der Waals surface area contributed by atoms with Crippen molar-refractivity contribution in [3.63, 3.8) is 0 Å². The molecule has 1 aromatic rings. The van der Waals surface area contributed by atoms with E-state index in [9.17, 15) is 0 Å². The molecule has 0 amide bonds. The molecular formula is C9H5CuO2. The number of rotatable bonds is 0. The van der Waals surface area contributed by atoms with Crippen LogP contribution in [0, 0.1) is 12.3 Å². The van der Waals surface area contributed by atoms with Gasteiger partial charge >= 0.3 is 17.1 Å². The molecule has 0 saturated heterocycles. The molecule has 1 aromatic carbocycles. The first-order valence-electron chi connectivity index (χ1n) is 3.22. The summed E-state index contributed by atoms with van der Waals surface area (Å²) in [6.07, 6.45) is 6.86. The quantitative estimate of drug-likeness (QED) is 0.364. The normalized spacial score (nSPS) is 11.6. The standard InChI is InChI=1S/C9H5O2.Cu/c1-2-7-3-4-8-9(5-7)11-6-10-8;/h3-5H,6H2;/q-1;+1. The van der Waals surface area contributed by atoms with Crippen molar-refractivity contribution in [2.45, 2.75) is 0 Å². The van der Waals surface area contributed by atoms with Crippen LogP contribution in [0.2, 0.25) is 0 Å². The van der Waals surface area contributed by atoms with Gasteiger partial charge in [0.2, 0.25) is 6.79 Å². The predicted octanol–water partition coefficient (Wildman–Crippen LogP) is 1.35. The molecule has 1 aliphatic rings. The molecule has 1 heterocycles. The molecule has 64 valence electrons. The molecule has 0 aromatic heterocycles. The minimum atomic E-state index is 0. The van der Waals surface area contributed by atoms with E-state index in [1.807, 2.05) is 0 Å². The Balaban J connectivity index is 0.000000720. The fraction of sp³-hybridized carbons (Fsp3) is 0.111. The summed E-state index contributed by atoms with van der Waals surface area (Å²) in [6, 6.07) is 5.27. The van der Waals surface area contributed by atoms with Crippen LogP contribution in [0.5, 0.6) is 11.5 Å². The van der Waals surface area contributed by atoms with Crippen LogP contribution in [-0.2, 0) is 17.1 Å². The Bertz CT molecular complexity index is 328. The molecule has 1 aliphatic heterocycles. The maximum atomic E-state index is 6.86. The Morgan fingerprint density at radius 1 is 1.25 bits per heavy atom. The van der Waals surface area contributed by atoms with Crippen LogP contribution in [0.15, 0.2) is 18.2 Å². The van der Waals surface area contributed by atoms with Gasteiger partial charge in [-0.15, -0.1) is 11.6 Å². The third kappa shape index (κ3) is 1.40. The molecule has 0 atom stereocenters. The fourth-order valence-electron chi connectivity index (χ4n) is 0.974. The fourth-order valence-corrected chi connectivity index (χ4v) is 0.974. The second-order valence-electron chi connectivity index (χ2n) is 2.19. The second-order valence-corrected chi connectivity index (χ2v) is 2.19. The van der Waals surface area contributed by atoms with Gasteiger partial charge in [-0.2, -0.15) is 0 Å². The van der Waals surface area contributed by atoms with Crippen molar-refractivity contribution in [2.75, 3.05) is 6.79 Å². The molecule has 0 unspecified atom stereocenters. The molecule has 0 saturated carbocycles. The van der Waals surface area contributed by atoms with E-state index in [4.69, 9.17) is 15.9 Å². The molecule has 0 spiro atoms. The zero-order chi connectivity index (χ0) is 7.68. The topological polar surface area (TPSA) is 18.5 Å². The van der Waals surface area contributed by atoms with Gasteiger partial charge in [-0.25, -0.2) is 0 Å². The molecule has 2 rings (SSSR count). The minimum absolute atomic E-state index is 0. The zero-order valence-electron chi connectivity index (χ0n) is 6.06. The Kier molecular flexibility index (Phi) is 2.65. The van der Waals surface area contributed by atoms with Gasteiger partial charge in [-0.1, -0.05) is 6.07 Å². The van der Waals surface area contributed by atoms with Crippen LogP contribution in [0.25, 0.3) is 0 Å². The molecule has 0 aliphatic carbocycles. The monoisotopic (exact) mass is 208 g/mol. The van der Waals surface area contributed by atoms with Crippen LogP contribution >= 0.6 is 0 Å². The van der Waals surface area contributed by atoms with Crippen LogP contribution in [-0.4, -0.2) is 6.79 Å². The third-order valence-corrected chi connectivity index (χ3v) is 1.52. The summed E-state index contributed by atoms with van der Waals surface area (Å²) >= 11 is 0. The molecule has 0 bridgehead atoms. The van der Waals surface area contributed by atoms with Crippen molar-refractivity contribution < 1.29 is 26.5 Å². The van der Waals surface area contributed by atoms with Gasteiger partial charge in [-0.3, -0.25) is 5.92 Å². The third-order valence-electron chi connectivity index (χ3n) is 1.52. The van der Waals surface area contributed by atoms with Crippen LogP contribution in [0.3, 0.4) is 0 Å². The number of fused-ring (bicyclic) bond motifs is 1. The molecule has 0 N–H and O–H groups in total. The summed E-state index contributed by atoms with van der Waals surface area (Å²) in [5.41, 5.74) is 0.703. The smallest absolute Gasteiger partial charge is 0.455 e. The summed E-state index contributed by atoms with van der Waals surface area (Å²) < 4.78 is 10.2. The van der Waals surface area contributed by atoms with E-state index in [1.54, 1.807) is 18.2 Å². The van der Waals surface area contributed by atoms with E-state index in [-0.39, 0.29) is 23.9 Å². The van der Waals surface area contributed by atoms with Crippen LogP contribution in [0.1, 0.15) is 5.56 Å². The Morgan fingerprint density at radius 3 is 2.75 bits per heavy atom. The number of hydrogen-bond donors (Lipinski definition) is 0. The second kappa shape index (κ2) is 3.53. The largest absolute Gasteiger partial charge is 1.00 e. The zero-order valence-corrected chi connectivity index (χ0v) is 7.00. The van der Waals surface area contributed by atoms with E-state index >= 15 is 0 Å². The van der Waals surface area contributed by atoms with Crippen molar-refractivity contribution in [1.82, 2.24) is 0 Å². The SMILES string of the molecule is [C-]#Cc1ccc2c(c1)OCO2.[Cu+]. The van der Waals surface area contributed by atoms with Crippen molar-refractivity contribution in [3.05, 3.63) is 30.2 Å². The number of benzene rings is 1. The Labute approximate surface area is 81.3 Å². The van der Waals surface area contributed by atoms with Gasteiger partial charge in [0, 0.05) is 0 Å². The first kappa shape index (κ1) is 8.99. The maximum Gasteiger partial charge on any atom is 1.00 e. The van der Waals surface area contributed by atoms with Crippen molar-refractivity contribution >= 4 is 0 Å². The molecular weight excluding hydrogens is 204 g/mol. The maximum absolute atomic E-state index is 6.86.